The zero-order chi connectivity index (χ0) is 17.8. The van der Waals surface area contributed by atoms with Gasteiger partial charge in [-0.25, -0.2) is 4.39 Å². The van der Waals surface area contributed by atoms with Gasteiger partial charge in [-0.05, 0) is 62.1 Å². The number of hydrogen-bond acceptors (Lipinski definition) is 3. The molecule has 0 amide bonds. The molecular formula is C22H27FN2O. The molecule has 0 aliphatic carbocycles. The maximum atomic E-state index is 13.4. The molecule has 2 aliphatic rings. The molecule has 26 heavy (non-hydrogen) atoms. The van der Waals surface area contributed by atoms with Crippen molar-refractivity contribution in [2.75, 3.05) is 26.3 Å². The highest BCUT2D eigenvalue weighted by atomic mass is 19.1. The van der Waals surface area contributed by atoms with E-state index in [1.54, 1.807) is 12.1 Å². The Kier molecular flexibility index (Phi) is 5.61. The summed E-state index contributed by atoms with van der Waals surface area (Å²) in [6.45, 7) is 4.09. The first kappa shape index (κ1) is 17.6. The normalized spacial score (nSPS) is 22.4. The lowest BCUT2D eigenvalue weighted by Gasteiger charge is -2.39. The van der Waals surface area contributed by atoms with Crippen LogP contribution in [0.25, 0.3) is 0 Å². The van der Waals surface area contributed by atoms with Crippen molar-refractivity contribution in [2.24, 2.45) is 0 Å². The van der Waals surface area contributed by atoms with Gasteiger partial charge in [0.05, 0.1) is 0 Å². The van der Waals surface area contributed by atoms with E-state index in [1.807, 2.05) is 12.1 Å². The van der Waals surface area contributed by atoms with Crippen molar-refractivity contribution in [3.8, 4) is 0 Å². The summed E-state index contributed by atoms with van der Waals surface area (Å²) in [6, 6.07) is 13.8. The minimum Gasteiger partial charge on any atom is -0.381 e. The molecule has 0 bridgehead atoms. The van der Waals surface area contributed by atoms with Gasteiger partial charge in [-0.15, -0.1) is 0 Å². The van der Waals surface area contributed by atoms with E-state index >= 15 is 0 Å². The van der Waals surface area contributed by atoms with Crippen LogP contribution in [0.4, 0.5) is 4.39 Å². The fourth-order valence-corrected chi connectivity index (χ4v) is 4.31. The molecule has 2 fully saturated rings. The second-order valence-corrected chi connectivity index (χ2v) is 7.54. The number of aromatic nitrogens is 1. The SMILES string of the molecule is Fc1cccc(Cc2cccc([C@@H]3CCCN(C4CCOCC4)C3)n2)c1. The molecule has 2 aliphatic heterocycles. The minimum atomic E-state index is -0.182. The van der Waals surface area contributed by atoms with Crippen LogP contribution in [0, 0.1) is 5.82 Å². The van der Waals surface area contributed by atoms with E-state index in [-0.39, 0.29) is 5.82 Å². The fraction of sp³-hybridized carbons (Fsp3) is 0.500. The predicted octanol–water partition coefficient (Wildman–Crippen LogP) is 4.17. The number of rotatable bonds is 4. The van der Waals surface area contributed by atoms with Crippen molar-refractivity contribution in [2.45, 2.75) is 44.1 Å². The highest BCUT2D eigenvalue weighted by molar-refractivity contribution is 5.24. The van der Waals surface area contributed by atoms with Crippen molar-refractivity contribution in [1.29, 1.82) is 0 Å². The van der Waals surface area contributed by atoms with Crippen LogP contribution in [0.15, 0.2) is 42.5 Å². The molecule has 1 atom stereocenters. The molecule has 1 aromatic heterocycles. The van der Waals surface area contributed by atoms with E-state index in [4.69, 9.17) is 9.72 Å². The average Bonchev–Trinajstić information content (AvgIpc) is 2.69. The Labute approximate surface area is 155 Å². The first-order chi connectivity index (χ1) is 12.8. The Hall–Kier alpha value is -1.78. The van der Waals surface area contributed by atoms with Crippen LogP contribution in [0.2, 0.25) is 0 Å². The quantitative estimate of drug-likeness (QED) is 0.824. The number of nitrogens with zero attached hydrogens (tertiary/aromatic N) is 2. The summed E-state index contributed by atoms with van der Waals surface area (Å²) in [5, 5.41) is 0. The van der Waals surface area contributed by atoms with Gasteiger partial charge in [-0.2, -0.15) is 0 Å². The van der Waals surface area contributed by atoms with E-state index in [0.717, 1.165) is 43.9 Å². The highest BCUT2D eigenvalue weighted by Gasteiger charge is 2.28. The third-order valence-corrected chi connectivity index (χ3v) is 5.68. The van der Waals surface area contributed by atoms with Gasteiger partial charge < -0.3 is 4.74 Å². The molecule has 0 spiro atoms. The van der Waals surface area contributed by atoms with Gasteiger partial charge in [0, 0.05) is 49.5 Å². The molecule has 1 aromatic carbocycles. The van der Waals surface area contributed by atoms with Gasteiger partial charge in [0.25, 0.3) is 0 Å². The monoisotopic (exact) mass is 354 g/mol. The standard InChI is InChI=1S/C22H27FN2O/c23-19-6-1-4-17(14-19)15-20-7-2-8-22(24-20)18-5-3-11-25(16-18)21-9-12-26-13-10-21/h1-2,4,6-8,14,18,21H,3,5,9-13,15-16H2/t18-/m1/s1. The van der Waals surface area contributed by atoms with E-state index in [2.05, 4.69) is 17.0 Å². The van der Waals surface area contributed by atoms with Gasteiger partial charge >= 0.3 is 0 Å². The molecular weight excluding hydrogens is 327 g/mol. The summed E-state index contributed by atoms with van der Waals surface area (Å²) < 4.78 is 18.9. The molecule has 4 heteroatoms. The molecule has 4 rings (SSSR count). The number of piperidine rings is 1. The molecule has 0 radical (unpaired) electrons. The molecule has 0 N–H and O–H groups in total. The van der Waals surface area contributed by atoms with Crippen LogP contribution < -0.4 is 0 Å². The largest absolute Gasteiger partial charge is 0.381 e. The van der Waals surface area contributed by atoms with Gasteiger partial charge in [-0.3, -0.25) is 9.88 Å². The zero-order valence-corrected chi connectivity index (χ0v) is 15.2. The second-order valence-electron chi connectivity index (χ2n) is 7.54. The predicted molar refractivity (Wildman–Crippen MR) is 101 cm³/mol. The molecule has 3 heterocycles. The van der Waals surface area contributed by atoms with Crippen molar-refractivity contribution >= 4 is 0 Å². The Morgan fingerprint density at radius 2 is 1.92 bits per heavy atom. The summed E-state index contributed by atoms with van der Waals surface area (Å²) in [4.78, 5) is 7.58. The summed E-state index contributed by atoms with van der Waals surface area (Å²) in [6.07, 6.45) is 5.43. The third-order valence-electron chi connectivity index (χ3n) is 5.68. The van der Waals surface area contributed by atoms with Crippen molar-refractivity contribution in [3.05, 3.63) is 65.2 Å². The minimum absolute atomic E-state index is 0.182. The van der Waals surface area contributed by atoms with Crippen molar-refractivity contribution in [3.63, 3.8) is 0 Å². The van der Waals surface area contributed by atoms with Gasteiger partial charge in [0.15, 0.2) is 0 Å². The molecule has 0 unspecified atom stereocenters. The molecule has 3 nitrogen and oxygen atoms in total. The van der Waals surface area contributed by atoms with Crippen LogP contribution in [-0.4, -0.2) is 42.2 Å². The smallest absolute Gasteiger partial charge is 0.123 e. The number of likely N-dealkylation sites (tertiary alicyclic amines) is 1. The number of benzene rings is 1. The van der Waals surface area contributed by atoms with E-state index in [0.29, 0.717) is 18.4 Å². The topological polar surface area (TPSA) is 25.4 Å². The summed E-state index contributed by atoms with van der Waals surface area (Å²) in [5.41, 5.74) is 3.19. The maximum Gasteiger partial charge on any atom is 0.123 e. The van der Waals surface area contributed by atoms with Crippen LogP contribution >= 0.6 is 0 Å². The maximum absolute atomic E-state index is 13.4. The van der Waals surface area contributed by atoms with E-state index in [9.17, 15) is 4.39 Å². The average molecular weight is 354 g/mol. The Balaban J connectivity index is 1.45. The molecule has 2 aromatic rings. The van der Waals surface area contributed by atoms with Crippen LogP contribution in [0.3, 0.4) is 0 Å². The van der Waals surface area contributed by atoms with Crippen LogP contribution in [0.5, 0.6) is 0 Å². The van der Waals surface area contributed by atoms with Crippen LogP contribution in [0.1, 0.15) is 48.6 Å². The van der Waals surface area contributed by atoms with Gasteiger partial charge in [0.2, 0.25) is 0 Å². The first-order valence-electron chi connectivity index (χ1n) is 9.80. The summed E-state index contributed by atoms with van der Waals surface area (Å²) in [5.74, 6) is 0.317. The first-order valence-corrected chi connectivity index (χ1v) is 9.80. The summed E-state index contributed by atoms with van der Waals surface area (Å²) >= 11 is 0. The molecule has 138 valence electrons. The fourth-order valence-electron chi connectivity index (χ4n) is 4.31. The lowest BCUT2D eigenvalue weighted by atomic mass is 9.91. The number of hydrogen-bond donors (Lipinski definition) is 0. The Morgan fingerprint density at radius 3 is 2.77 bits per heavy atom. The third kappa shape index (κ3) is 4.30. The van der Waals surface area contributed by atoms with Crippen molar-refractivity contribution < 1.29 is 9.13 Å². The van der Waals surface area contributed by atoms with Gasteiger partial charge in [0.1, 0.15) is 5.82 Å². The lowest BCUT2D eigenvalue weighted by molar-refractivity contribution is 0.0237. The Bertz CT molecular complexity index is 730. The number of ether oxygens (including phenoxy) is 1. The lowest BCUT2D eigenvalue weighted by Crippen LogP contribution is -2.44. The summed E-state index contributed by atoms with van der Waals surface area (Å²) in [7, 11) is 0. The van der Waals surface area contributed by atoms with E-state index in [1.165, 1.54) is 31.1 Å². The zero-order valence-electron chi connectivity index (χ0n) is 15.2. The Morgan fingerprint density at radius 1 is 1.08 bits per heavy atom. The van der Waals surface area contributed by atoms with Crippen molar-refractivity contribution in [1.82, 2.24) is 9.88 Å². The van der Waals surface area contributed by atoms with Gasteiger partial charge in [-0.1, -0.05) is 18.2 Å². The number of pyridine rings is 1. The number of halogens is 1. The highest BCUT2D eigenvalue weighted by Crippen LogP contribution is 2.29. The second kappa shape index (κ2) is 8.28. The molecule has 2 saturated heterocycles. The van der Waals surface area contributed by atoms with E-state index < -0.39 is 0 Å². The molecule has 0 saturated carbocycles. The van der Waals surface area contributed by atoms with Crippen LogP contribution in [-0.2, 0) is 11.2 Å².